The van der Waals surface area contributed by atoms with Gasteiger partial charge in [0.15, 0.2) is 5.78 Å². The van der Waals surface area contributed by atoms with Gasteiger partial charge in [-0.2, -0.15) is 0 Å². The van der Waals surface area contributed by atoms with Gasteiger partial charge in [0, 0.05) is 6.42 Å². The summed E-state index contributed by atoms with van der Waals surface area (Å²) in [6.45, 7) is 3.73. The second kappa shape index (κ2) is 5.70. The molecule has 0 bridgehead atoms. The van der Waals surface area contributed by atoms with E-state index < -0.39 is 5.97 Å². The number of hydrogen-bond acceptors (Lipinski definition) is 2. The van der Waals surface area contributed by atoms with Crippen LogP contribution in [0.4, 0.5) is 0 Å². The molecule has 0 unspecified atom stereocenters. The second-order valence-electron chi connectivity index (χ2n) is 4.94. The molecular weight excluding hydrogens is 252 g/mol. The average Bonchev–Trinajstić information content (AvgIpc) is 2.42. The summed E-state index contributed by atoms with van der Waals surface area (Å²) < 4.78 is 0. The van der Waals surface area contributed by atoms with Gasteiger partial charge in [-0.05, 0) is 48.8 Å². The number of carbonyl (C=O) groups is 2. The highest BCUT2D eigenvalue weighted by Gasteiger charge is 2.10. The third-order valence-corrected chi connectivity index (χ3v) is 3.26. The number of rotatable bonds is 2. The maximum Gasteiger partial charge on any atom is 0.335 e. The minimum atomic E-state index is -0.944. The Balaban J connectivity index is 2.43. The van der Waals surface area contributed by atoms with E-state index in [9.17, 15) is 9.59 Å². The molecule has 0 spiro atoms. The first kappa shape index (κ1) is 14.0. The Morgan fingerprint density at radius 2 is 1.75 bits per heavy atom. The van der Waals surface area contributed by atoms with E-state index in [4.69, 9.17) is 5.11 Å². The second-order valence-corrected chi connectivity index (χ2v) is 4.94. The topological polar surface area (TPSA) is 54.4 Å². The molecule has 1 aromatic rings. The number of Topliss-reactive ketones (excluding diaryl/α,β-unsaturated/α-hetero) is 1. The van der Waals surface area contributed by atoms with Crippen molar-refractivity contribution in [2.45, 2.75) is 20.3 Å². The Labute approximate surface area is 117 Å². The van der Waals surface area contributed by atoms with Crippen LogP contribution in [0.5, 0.6) is 0 Å². The first-order chi connectivity index (χ1) is 9.47. The molecule has 0 amide bonds. The Hall–Kier alpha value is -2.42. The first-order valence-corrected chi connectivity index (χ1v) is 6.40. The third-order valence-electron chi connectivity index (χ3n) is 3.26. The molecular formula is C17H16O3. The monoisotopic (exact) mass is 268 g/mol. The number of hydrogen-bond donors (Lipinski definition) is 1. The van der Waals surface area contributed by atoms with Crippen LogP contribution in [-0.2, 0) is 4.79 Å². The number of carboxylic acid groups (broad SMARTS) is 1. The van der Waals surface area contributed by atoms with E-state index in [-0.39, 0.29) is 11.3 Å². The minimum Gasteiger partial charge on any atom is -0.478 e. The lowest BCUT2D eigenvalue weighted by Crippen LogP contribution is -2.02. The molecule has 0 radical (unpaired) electrons. The summed E-state index contributed by atoms with van der Waals surface area (Å²) in [5, 5.41) is 8.90. The predicted molar refractivity (Wildman–Crippen MR) is 78.5 cm³/mol. The molecule has 0 aromatic heterocycles. The fourth-order valence-corrected chi connectivity index (χ4v) is 2.03. The lowest BCUT2D eigenvalue weighted by Gasteiger charge is -2.09. The molecule has 1 aromatic carbocycles. The van der Waals surface area contributed by atoms with Crippen molar-refractivity contribution in [3.63, 3.8) is 0 Å². The minimum absolute atomic E-state index is 0.117. The van der Waals surface area contributed by atoms with E-state index in [1.54, 1.807) is 31.2 Å². The van der Waals surface area contributed by atoms with Gasteiger partial charge in [-0.25, -0.2) is 4.79 Å². The fraction of sp³-hybridized carbons (Fsp3) is 0.176. The molecule has 20 heavy (non-hydrogen) atoms. The average molecular weight is 268 g/mol. The van der Waals surface area contributed by atoms with Crippen LogP contribution in [-0.4, -0.2) is 16.9 Å². The van der Waals surface area contributed by atoms with Crippen molar-refractivity contribution < 1.29 is 14.7 Å². The molecule has 0 aliphatic heterocycles. The summed E-state index contributed by atoms with van der Waals surface area (Å²) in [5.41, 5.74) is 3.79. The Kier molecular flexibility index (Phi) is 3.99. The van der Waals surface area contributed by atoms with Gasteiger partial charge < -0.3 is 5.11 Å². The summed E-state index contributed by atoms with van der Waals surface area (Å²) in [5.74, 6) is -0.827. The van der Waals surface area contributed by atoms with Crippen LogP contribution in [0.25, 0.3) is 5.57 Å². The number of benzene rings is 1. The lowest BCUT2D eigenvalue weighted by molar-refractivity contribution is -0.114. The largest absolute Gasteiger partial charge is 0.478 e. The Morgan fingerprint density at radius 3 is 2.35 bits per heavy atom. The maximum atomic E-state index is 11.9. The molecule has 0 saturated heterocycles. The molecule has 1 N–H and O–H groups in total. The van der Waals surface area contributed by atoms with E-state index in [1.807, 2.05) is 25.2 Å². The number of carboxylic acids is 1. The van der Waals surface area contributed by atoms with Crippen LogP contribution < -0.4 is 0 Å². The van der Waals surface area contributed by atoms with E-state index in [2.05, 4.69) is 0 Å². The summed E-state index contributed by atoms with van der Waals surface area (Å²) in [7, 11) is 0. The van der Waals surface area contributed by atoms with Crippen molar-refractivity contribution in [1.82, 2.24) is 0 Å². The normalized spacial score (nSPS) is 23.5. The molecule has 1 aliphatic rings. The van der Waals surface area contributed by atoms with Gasteiger partial charge in [0.1, 0.15) is 0 Å². The van der Waals surface area contributed by atoms with Crippen LogP contribution in [0.15, 0.2) is 53.6 Å². The molecule has 0 fully saturated rings. The number of aromatic carboxylic acids is 1. The van der Waals surface area contributed by atoms with Crippen LogP contribution >= 0.6 is 0 Å². The molecule has 0 heterocycles. The Bertz CT molecular complexity index is 643. The zero-order valence-corrected chi connectivity index (χ0v) is 11.5. The van der Waals surface area contributed by atoms with E-state index >= 15 is 0 Å². The maximum absolute atomic E-state index is 11.9. The highest BCUT2D eigenvalue weighted by Crippen LogP contribution is 2.22. The van der Waals surface area contributed by atoms with Crippen molar-refractivity contribution >= 4 is 17.3 Å². The molecule has 3 nitrogen and oxygen atoms in total. The van der Waals surface area contributed by atoms with E-state index in [1.165, 1.54) is 0 Å². The number of allylic oxidation sites excluding steroid dienone is 6. The van der Waals surface area contributed by atoms with Crippen molar-refractivity contribution in [3.05, 3.63) is 64.8 Å². The summed E-state index contributed by atoms with van der Waals surface area (Å²) in [4.78, 5) is 22.7. The highest BCUT2D eigenvalue weighted by atomic mass is 16.4. The zero-order chi connectivity index (χ0) is 14.7. The Morgan fingerprint density at radius 1 is 1.10 bits per heavy atom. The molecule has 102 valence electrons. The predicted octanol–water partition coefficient (Wildman–Crippen LogP) is 3.63. The highest BCUT2D eigenvalue weighted by molar-refractivity contribution is 5.99. The molecule has 0 atom stereocenters. The summed E-state index contributed by atoms with van der Waals surface area (Å²) in [6.07, 6.45) is 6.19. The van der Waals surface area contributed by atoms with Gasteiger partial charge in [0.2, 0.25) is 0 Å². The van der Waals surface area contributed by atoms with Crippen molar-refractivity contribution in [3.8, 4) is 0 Å². The van der Waals surface area contributed by atoms with Crippen LogP contribution in [0, 0.1) is 0 Å². The van der Waals surface area contributed by atoms with Crippen molar-refractivity contribution in [1.29, 1.82) is 0 Å². The summed E-state index contributed by atoms with van der Waals surface area (Å²) >= 11 is 0. The first-order valence-electron chi connectivity index (χ1n) is 6.40. The van der Waals surface area contributed by atoms with Crippen LogP contribution in [0.2, 0.25) is 0 Å². The zero-order valence-electron chi connectivity index (χ0n) is 11.5. The lowest BCUT2D eigenvalue weighted by atomic mass is 9.95. The molecule has 0 saturated carbocycles. The smallest absolute Gasteiger partial charge is 0.335 e. The van der Waals surface area contributed by atoms with Crippen molar-refractivity contribution in [2.24, 2.45) is 0 Å². The fourth-order valence-electron chi connectivity index (χ4n) is 2.03. The summed E-state index contributed by atoms with van der Waals surface area (Å²) in [6, 6.07) is 6.65. The van der Waals surface area contributed by atoms with E-state index in [0.29, 0.717) is 12.0 Å². The quantitative estimate of drug-likeness (QED) is 0.891. The van der Waals surface area contributed by atoms with E-state index in [0.717, 1.165) is 16.7 Å². The van der Waals surface area contributed by atoms with Crippen LogP contribution in [0.3, 0.4) is 0 Å². The van der Waals surface area contributed by atoms with Gasteiger partial charge in [-0.15, -0.1) is 0 Å². The van der Waals surface area contributed by atoms with Crippen molar-refractivity contribution in [2.75, 3.05) is 0 Å². The number of ketones is 1. The molecule has 3 heteroatoms. The standard InChI is InChI=1S/C17H16O3/c1-11-3-4-15(10-12(2)16(18)9-11)13-5-7-14(8-6-13)17(19)20/h3-8,10H,9H2,1-2H3,(H,19,20)/b11-3+,12-10-,15-4+. The van der Waals surface area contributed by atoms with Crippen LogP contribution in [0.1, 0.15) is 36.2 Å². The van der Waals surface area contributed by atoms with Gasteiger partial charge in [0.25, 0.3) is 0 Å². The number of carbonyl (C=O) groups excluding carboxylic acids is 1. The van der Waals surface area contributed by atoms with Gasteiger partial charge >= 0.3 is 5.97 Å². The molecule has 2 rings (SSSR count). The third kappa shape index (κ3) is 3.12. The van der Waals surface area contributed by atoms with Gasteiger partial charge in [-0.1, -0.05) is 29.9 Å². The van der Waals surface area contributed by atoms with Gasteiger partial charge in [0.05, 0.1) is 5.56 Å². The SMILES string of the molecule is C/C1=C/C(c2ccc(C(=O)O)cc2)=C\C=C(/C)CC1=O. The molecule has 1 aliphatic carbocycles. The van der Waals surface area contributed by atoms with Gasteiger partial charge in [-0.3, -0.25) is 4.79 Å².